The van der Waals surface area contributed by atoms with Crippen molar-refractivity contribution in [1.29, 1.82) is 0 Å². The van der Waals surface area contributed by atoms with Crippen LogP contribution in [0.5, 0.6) is 0 Å². The Morgan fingerprint density at radius 3 is 1.76 bits per heavy atom. The van der Waals surface area contributed by atoms with Gasteiger partial charge >= 0.3 is 0 Å². The summed E-state index contributed by atoms with van der Waals surface area (Å²) in [5.74, 6) is 0.517. The third-order valence-electron chi connectivity index (χ3n) is 5.62. The van der Waals surface area contributed by atoms with Gasteiger partial charge in [-0.05, 0) is 12.8 Å². The van der Waals surface area contributed by atoms with Crippen LogP contribution in [0.4, 0.5) is 0 Å². The number of carbonyl (C=O) groups is 3. The van der Waals surface area contributed by atoms with Crippen LogP contribution in [-0.4, -0.2) is 54.1 Å². The summed E-state index contributed by atoms with van der Waals surface area (Å²) in [6.45, 7) is 2.50. The van der Waals surface area contributed by atoms with Gasteiger partial charge in [0.1, 0.15) is 6.29 Å². The van der Waals surface area contributed by atoms with Gasteiger partial charge in [-0.1, -0.05) is 51.4 Å². The van der Waals surface area contributed by atoms with E-state index >= 15 is 0 Å². The molecule has 2 amide bonds. The minimum absolute atomic E-state index is 0.0362. The molecule has 2 rings (SSSR count). The van der Waals surface area contributed by atoms with E-state index in [2.05, 4.69) is 0 Å². The molecule has 0 atom stereocenters. The maximum Gasteiger partial charge on any atom is 0.225 e. The molecule has 0 unspecified atom stereocenters. The van der Waals surface area contributed by atoms with Crippen LogP contribution in [0.2, 0.25) is 0 Å². The number of rotatable bonds is 4. The lowest BCUT2D eigenvalue weighted by atomic mass is 9.93. The highest BCUT2D eigenvalue weighted by Crippen LogP contribution is 2.23. The molecule has 0 aromatic heterocycles. The molecule has 0 aromatic rings. The number of carbonyl (C=O) groups excluding carboxylic acids is 3. The molecule has 0 spiro atoms. The summed E-state index contributed by atoms with van der Waals surface area (Å²) in [7, 11) is 0. The minimum Gasteiger partial charge on any atom is -0.339 e. The average Bonchev–Trinajstić information content (AvgIpc) is 2.71. The van der Waals surface area contributed by atoms with Crippen LogP contribution in [0.15, 0.2) is 0 Å². The van der Waals surface area contributed by atoms with Crippen molar-refractivity contribution in [1.82, 2.24) is 9.80 Å². The summed E-state index contributed by atoms with van der Waals surface area (Å²) in [6.07, 6.45) is 13.6. The zero-order chi connectivity index (χ0) is 17.9. The van der Waals surface area contributed by atoms with E-state index in [4.69, 9.17) is 0 Å². The van der Waals surface area contributed by atoms with Crippen molar-refractivity contribution < 1.29 is 14.4 Å². The summed E-state index contributed by atoms with van der Waals surface area (Å²) in [4.78, 5) is 39.1. The number of nitrogens with zero attached hydrogens (tertiary/aromatic N) is 2. The van der Waals surface area contributed by atoms with Gasteiger partial charge in [0.15, 0.2) is 0 Å². The van der Waals surface area contributed by atoms with E-state index in [0.29, 0.717) is 44.9 Å². The first kappa shape index (κ1) is 19.9. The Morgan fingerprint density at radius 2 is 1.24 bits per heavy atom. The maximum absolute atomic E-state index is 12.9. The van der Waals surface area contributed by atoms with Crippen LogP contribution in [0.3, 0.4) is 0 Å². The Bertz CT molecular complexity index is 419. The molecule has 25 heavy (non-hydrogen) atoms. The second-order valence-corrected chi connectivity index (χ2v) is 7.51. The third-order valence-corrected chi connectivity index (χ3v) is 5.62. The largest absolute Gasteiger partial charge is 0.339 e. The lowest BCUT2D eigenvalue weighted by molar-refractivity contribution is -0.142. The van der Waals surface area contributed by atoms with Crippen molar-refractivity contribution in [3.63, 3.8) is 0 Å². The second kappa shape index (κ2) is 11.3. The Balaban J connectivity index is 1.80. The summed E-state index contributed by atoms with van der Waals surface area (Å²) in [5.41, 5.74) is 0. The fourth-order valence-electron chi connectivity index (χ4n) is 4.01. The Hall–Kier alpha value is -1.39. The van der Waals surface area contributed by atoms with E-state index in [1.807, 2.05) is 4.90 Å². The Morgan fingerprint density at radius 1 is 0.760 bits per heavy atom. The van der Waals surface area contributed by atoms with Crippen molar-refractivity contribution in [2.45, 2.75) is 77.0 Å². The van der Waals surface area contributed by atoms with E-state index in [1.54, 1.807) is 4.90 Å². The van der Waals surface area contributed by atoms with Crippen molar-refractivity contribution in [3.05, 3.63) is 0 Å². The van der Waals surface area contributed by atoms with E-state index in [-0.39, 0.29) is 11.8 Å². The van der Waals surface area contributed by atoms with Crippen LogP contribution < -0.4 is 0 Å². The maximum atomic E-state index is 12.9. The molecule has 2 fully saturated rings. The lowest BCUT2D eigenvalue weighted by Gasteiger charge is -2.36. The fourth-order valence-corrected chi connectivity index (χ4v) is 4.01. The van der Waals surface area contributed by atoms with Gasteiger partial charge in [-0.3, -0.25) is 9.59 Å². The number of hydrogen-bond donors (Lipinski definition) is 0. The molecule has 0 bridgehead atoms. The minimum atomic E-state index is 0.0362. The summed E-state index contributed by atoms with van der Waals surface area (Å²) < 4.78 is 0. The van der Waals surface area contributed by atoms with Crippen molar-refractivity contribution >= 4 is 18.1 Å². The summed E-state index contributed by atoms with van der Waals surface area (Å²) in [5, 5.41) is 0. The monoisotopic (exact) mass is 350 g/mol. The first-order valence-corrected chi connectivity index (χ1v) is 10.2. The highest BCUT2D eigenvalue weighted by molar-refractivity contribution is 5.80. The molecule has 1 saturated heterocycles. The molecule has 1 heterocycles. The highest BCUT2D eigenvalue weighted by atomic mass is 16.2. The van der Waals surface area contributed by atoms with E-state index in [9.17, 15) is 14.4 Å². The first-order chi connectivity index (χ1) is 12.2. The van der Waals surface area contributed by atoms with E-state index < -0.39 is 0 Å². The van der Waals surface area contributed by atoms with E-state index in [0.717, 1.165) is 19.1 Å². The molecular formula is C20H34N2O3. The van der Waals surface area contributed by atoms with Gasteiger partial charge in [-0.15, -0.1) is 0 Å². The number of hydrogen-bond acceptors (Lipinski definition) is 3. The molecule has 0 radical (unpaired) electrons. The van der Waals surface area contributed by atoms with Gasteiger partial charge < -0.3 is 14.6 Å². The van der Waals surface area contributed by atoms with Crippen LogP contribution in [0.1, 0.15) is 77.0 Å². The summed E-state index contributed by atoms with van der Waals surface area (Å²) in [6, 6.07) is 0. The predicted molar refractivity (Wildman–Crippen MR) is 98.1 cm³/mol. The van der Waals surface area contributed by atoms with Gasteiger partial charge in [0.2, 0.25) is 11.8 Å². The SMILES string of the molecule is O=CCCC(=O)N1CCN(C(=O)C2CCCCCCCCCC2)CC1. The topological polar surface area (TPSA) is 57.7 Å². The molecule has 0 aromatic carbocycles. The zero-order valence-corrected chi connectivity index (χ0v) is 15.6. The van der Waals surface area contributed by atoms with Crippen molar-refractivity contribution in [3.8, 4) is 0 Å². The smallest absolute Gasteiger partial charge is 0.225 e. The predicted octanol–water partition coefficient (Wildman–Crippen LogP) is 3.17. The van der Waals surface area contributed by atoms with Gasteiger partial charge in [0, 0.05) is 44.9 Å². The van der Waals surface area contributed by atoms with Crippen LogP contribution in [0.25, 0.3) is 0 Å². The van der Waals surface area contributed by atoms with Crippen molar-refractivity contribution in [2.24, 2.45) is 5.92 Å². The number of aldehydes is 1. The molecule has 1 aliphatic carbocycles. The molecule has 5 heteroatoms. The standard InChI is InChI=1S/C20H34N2O3/c23-17-9-12-19(24)21-13-15-22(16-14-21)20(25)18-10-7-5-3-1-2-4-6-8-11-18/h17-18H,1-16H2. The Kier molecular flexibility index (Phi) is 8.98. The lowest BCUT2D eigenvalue weighted by Crippen LogP contribution is -2.52. The third kappa shape index (κ3) is 6.79. The van der Waals surface area contributed by atoms with Crippen LogP contribution >= 0.6 is 0 Å². The summed E-state index contributed by atoms with van der Waals surface area (Å²) >= 11 is 0. The molecule has 5 nitrogen and oxygen atoms in total. The number of piperazine rings is 1. The first-order valence-electron chi connectivity index (χ1n) is 10.2. The van der Waals surface area contributed by atoms with Crippen LogP contribution in [0, 0.1) is 5.92 Å². The number of amides is 2. The highest BCUT2D eigenvalue weighted by Gasteiger charge is 2.28. The average molecular weight is 351 g/mol. The molecule has 2 aliphatic rings. The molecule has 1 aliphatic heterocycles. The molecule has 0 N–H and O–H groups in total. The Labute approximate surface area is 152 Å². The normalized spacial score (nSPS) is 21.4. The van der Waals surface area contributed by atoms with E-state index in [1.165, 1.54) is 51.4 Å². The molecular weight excluding hydrogens is 316 g/mol. The molecule has 142 valence electrons. The van der Waals surface area contributed by atoms with Crippen molar-refractivity contribution in [2.75, 3.05) is 26.2 Å². The molecule has 1 saturated carbocycles. The fraction of sp³-hybridized carbons (Fsp3) is 0.850. The van der Waals surface area contributed by atoms with Gasteiger partial charge in [-0.25, -0.2) is 0 Å². The second-order valence-electron chi connectivity index (χ2n) is 7.51. The van der Waals surface area contributed by atoms with Crippen LogP contribution in [-0.2, 0) is 14.4 Å². The van der Waals surface area contributed by atoms with Gasteiger partial charge in [0.05, 0.1) is 0 Å². The van der Waals surface area contributed by atoms with Gasteiger partial charge in [-0.2, -0.15) is 0 Å². The van der Waals surface area contributed by atoms with Gasteiger partial charge in [0.25, 0.3) is 0 Å². The quantitative estimate of drug-likeness (QED) is 0.732. The zero-order valence-electron chi connectivity index (χ0n) is 15.6.